The van der Waals surface area contributed by atoms with Crippen molar-refractivity contribution in [3.63, 3.8) is 0 Å². The molecule has 0 unspecified atom stereocenters. The van der Waals surface area contributed by atoms with E-state index in [1.54, 1.807) is 0 Å². The van der Waals surface area contributed by atoms with Gasteiger partial charge in [-0.3, -0.25) is 0 Å². The maximum Gasteiger partial charge on any atom is 0.0349 e. The zero-order chi connectivity index (χ0) is 8.39. The third-order valence-electron chi connectivity index (χ3n) is 2.09. The van der Waals surface area contributed by atoms with Gasteiger partial charge < -0.3 is 4.90 Å². The number of hydrogen-bond donors (Lipinski definition) is 0. The summed E-state index contributed by atoms with van der Waals surface area (Å²) in [6.45, 7) is 4.61. The fraction of sp³-hybridized carbons (Fsp3) is 0.273. The van der Waals surface area contributed by atoms with Crippen molar-refractivity contribution in [3.8, 4) is 0 Å². The van der Waals surface area contributed by atoms with Gasteiger partial charge in [-0.1, -0.05) is 30.3 Å². The molecule has 1 heteroatoms. The minimum Gasteiger partial charge on any atom is -0.374 e. The van der Waals surface area contributed by atoms with Crippen LogP contribution < -0.4 is 0 Å². The number of allylic oxidation sites excluding steroid dienone is 1. The van der Waals surface area contributed by atoms with E-state index in [0.717, 1.165) is 0 Å². The molecule has 0 spiro atoms. The van der Waals surface area contributed by atoms with Crippen LogP contribution in [0.2, 0.25) is 0 Å². The lowest BCUT2D eigenvalue weighted by Gasteiger charge is -2.00. The largest absolute Gasteiger partial charge is 0.374 e. The summed E-state index contributed by atoms with van der Waals surface area (Å²) >= 11 is 0. The lowest BCUT2D eigenvalue weighted by atomic mass is 10.1. The molecule has 2 rings (SSSR count). The van der Waals surface area contributed by atoms with Gasteiger partial charge in [-0.05, 0) is 18.1 Å². The quantitative estimate of drug-likeness (QED) is 0.599. The van der Waals surface area contributed by atoms with Crippen LogP contribution in [0.15, 0.2) is 36.5 Å². The van der Waals surface area contributed by atoms with Crippen LogP contribution in [-0.4, -0.2) is 18.0 Å². The summed E-state index contributed by atoms with van der Waals surface area (Å²) in [6.07, 6.45) is 2.23. The van der Waals surface area contributed by atoms with Crippen LogP contribution in [0.25, 0.3) is 5.57 Å². The van der Waals surface area contributed by atoms with E-state index in [9.17, 15) is 0 Å². The molecule has 0 amide bonds. The third-order valence-corrected chi connectivity index (χ3v) is 2.09. The topological polar surface area (TPSA) is 3.01 Å². The Kier molecular flexibility index (Phi) is 1.86. The van der Waals surface area contributed by atoms with Crippen molar-refractivity contribution < 1.29 is 0 Å². The smallest absolute Gasteiger partial charge is 0.0349 e. The molecule has 62 valence electrons. The third kappa shape index (κ3) is 1.67. The summed E-state index contributed by atoms with van der Waals surface area (Å²) in [6, 6.07) is 10.5. The normalized spacial score (nSPS) is 16.4. The molecule has 0 N–H and O–H groups in total. The first-order valence-electron chi connectivity index (χ1n) is 4.34. The minimum atomic E-state index is 1.23. The van der Waals surface area contributed by atoms with Gasteiger partial charge in [0.1, 0.15) is 0 Å². The highest BCUT2D eigenvalue weighted by Crippen LogP contribution is 2.16. The maximum absolute atomic E-state index is 2.31. The molecular weight excluding hydrogens is 146 g/mol. The second-order valence-electron chi connectivity index (χ2n) is 3.21. The van der Waals surface area contributed by atoms with Gasteiger partial charge in [0.2, 0.25) is 0 Å². The van der Waals surface area contributed by atoms with E-state index in [1.807, 2.05) is 6.07 Å². The van der Waals surface area contributed by atoms with Crippen LogP contribution in [0.5, 0.6) is 0 Å². The molecule has 1 aliphatic heterocycles. The van der Waals surface area contributed by atoms with Crippen LogP contribution in [-0.2, 0) is 0 Å². The van der Waals surface area contributed by atoms with E-state index < -0.39 is 0 Å². The zero-order valence-corrected chi connectivity index (χ0v) is 7.33. The molecule has 1 nitrogen and oxygen atoms in total. The van der Waals surface area contributed by atoms with E-state index in [0.29, 0.717) is 0 Å². The molecule has 12 heavy (non-hydrogen) atoms. The SMILES string of the molecule is C/C(=C/N1CC1)c1ccccc1. The molecule has 0 radical (unpaired) electrons. The van der Waals surface area contributed by atoms with Crippen molar-refractivity contribution in [3.05, 3.63) is 42.1 Å². The lowest BCUT2D eigenvalue weighted by molar-refractivity contribution is 0.774. The molecule has 1 saturated heterocycles. The Morgan fingerprint density at radius 1 is 1.25 bits per heavy atom. The number of rotatable bonds is 2. The Morgan fingerprint density at radius 3 is 2.50 bits per heavy atom. The van der Waals surface area contributed by atoms with Gasteiger partial charge >= 0.3 is 0 Å². The maximum atomic E-state index is 2.31. The number of nitrogens with zero attached hydrogens (tertiary/aromatic N) is 1. The van der Waals surface area contributed by atoms with Gasteiger partial charge in [0.05, 0.1) is 0 Å². The second-order valence-corrected chi connectivity index (χ2v) is 3.21. The lowest BCUT2D eigenvalue weighted by Crippen LogP contribution is -1.85. The summed E-state index contributed by atoms with van der Waals surface area (Å²) in [5.74, 6) is 0. The fourth-order valence-corrected chi connectivity index (χ4v) is 1.24. The molecule has 0 bridgehead atoms. The average molecular weight is 159 g/mol. The molecule has 1 aromatic rings. The average Bonchev–Trinajstić information content (AvgIpc) is 2.90. The fourth-order valence-electron chi connectivity index (χ4n) is 1.24. The molecule has 0 aromatic heterocycles. The molecule has 0 atom stereocenters. The summed E-state index contributed by atoms with van der Waals surface area (Å²) < 4.78 is 0. The standard InChI is InChI=1S/C11H13N/c1-10(9-12-7-8-12)11-5-3-2-4-6-11/h2-6,9H,7-8H2,1H3/b10-9-. The monoisotopic (exact) mass is 159 g/mol. The molecule has 0 aliphatic carbocycles. The Bertz CT molecular complexity index is 283. The van der Waals surface area contributed by atoms with Crippen LogP contribution >= 0.6 is 0 Å². The van der Waals surface area contributed by atoms with Crippen LogP contribution in [0, 0.1) is 0 Å². The van der Waals surface area contributed by atoms with E-state index in [4.69, 9.17) is 0 Å². The molecule has 1 aromatic carbocycles. The number of benzene rings is 1. The summed E-state index contributed by atoms with van der Waals surface area (Å²) in [5.41, 5.74) is 2.68. The molecular formula is C11H13N. The van der Waals surface area contributed by atoms with Gasteiger partial charge in [-0.2, -0.15) is 0 Å². The molecule has 1 fully saturated rings. The van der Waals surface area contributed by atoms with E-state index >= 15 is 0 Å². The van der Waals surface area contributed by atoms with Gasteiger partial charge in [0.15, 0.2) is 0 Å². The first-order valence-corrected chi connectivity index (χ1v) is 4.34. The van der Waals surface area contributed by atoms with Gasteiger partial charge in [0, 0.05) is 19.3 Å². The highest BCUT2D eigenvalue weighted by molar-refractivity contribution is 5.63. The number of hydrogen-bond acceptors (Lipinski definition) is 1. The van der Waals surface area contributed by atoms with E-state index in [1.165, 1.54) is 24.2 Å². The first kappa shape index (κ1) is 7.41. The van der Waals surface area contributed by atoms with Crippen LogP contribution in [0.4, 0.5) is 0 Å². The Hall–Kier alpha value is -1.24. The Morgan fingerprint density at radius 2 is 1.92 bits per heavy atom. The van der Waals surface area contributed by atoms with E-state index in [-0.39, 0.29) is 0 Å². The first-order chi connectivity index (χ1) is 5.86. The van der Waals surface area contributed by atoms with Gasteiger partial charge in [-0.15, -0.1) is 0 Å². The van der Waals surface area contributed by atoms with Crippen molar-refractivity contribution in [1.29, 1.82) is 0 Å². The summed E-state index contributed by atoms with van der Waals surface area (Å²) in [5, 5.41) is 0. The Balaban J connectivity index is 2.18. The van der Waals surface area contributed by atoms with Crippen molar-refractivity contribution in [2.75, 3.05) is 13.1 Å². The van der Waals surface area contributed by atoms with Crippen LogP contribution in [0.3, 0.4) is 0 Å². The predicted molar refractivity (Wildman–Crippen MR) is 51.7 cm³/mol. The molecule has 1 aliphatic rings. The van der Waals surface area contributed by atoms with Crippen molar-refractivity contribution in [2.24, 2.45) is 0 Å². The summed E-state index contributed by atoms with van der Waals surface area (Å²) in [4.78, 5) is 2.31. The summed E-state index contributed by atoms with van der Waals surface area (Å²) in [7, 11) is 0. The van der Waals surface area contributed by atoms with E-state index in [2.05, 4.69) is 42.3 Å². The van der Waals surface area contributed by atoms with Gasteiger partial charge in [0.25, 0.3) is 0 Å². The second kappa shape index (κ2) is 3.02. The van der Waals surface area contributed by atoms with Crippen LogP contribution in [0.1, 0.15) is 12.5 Å². The van der Waals surface area contributed by atoms with Gasteiger partial charge in [-0.25, -0.2) is 0 Å². The van der Waals surface area contributed by atoms with Crippen molar-refractivity contribution in [2.45, 2.75) is 6.92 Å². The highest BCUT2D eigenvalue weighted by Gasteiger charge is 2.12. The minimum absolute atomic E-state index is 1.23. The molecule has 1 heterocycles. The van der Waals surface area contributed by atoms with Crippen molar-refractivity contribution >= 4 is 5.57 Å². The van der Waals surface area contributed by atoms with Crippen molar-refractivity contribution in [1.82, 2.24) is 4.90 Å². The molecule has 0 saturated carbocycles. The zero-order valence-electron chi connectivity index (χ0n) is 7.33. The predicted octanol–water partition coefficient (Wildman–Crippen LogP) is 2.36. The highest BCUT2D eigenvalue weighted by atomic mass is 15.2. The Labute approximate surface area is 73.3 Å².